The van der Waals surface area contributed by atoms with E-state index in [-0.39, 0.29) is 5.91 Å². The molecule has 0 aliphatic rings. The number of fused-ring (bicyclic) bond motifs is 1. The van der Waals surface area contributed by atoms with Crippen molar-refractivity contribution in [1.82, 2.24) is 14.9 Å². The van der Waals surface area contributed by atoms with E-state index >= 15 is 0 Å². The Bertz CT molecular complexity index is 1020. The van der Waals surface area contributed by atoms with Crippen LogP contribution in [-0.4, -0.2) is 68.7 Å². The van der Waals surface area contributed by atoms with E-state index in [2.05, 4.69) is 46.9 Å². The molecule has 3 aromatic rings. The summed E-state index contributed by atoms with van der Waals surface area (Å²) in [7, 11) is 7.64. The highest BCUT2D eigenvalue weighted by atomic mass is 16.5. The summed E-state index contributed by atoms with van der Waals surface area (Å²) >= 11 is 0. The average molecular weight is 424 g/mol. The maximum absolute atomic E-state index is 13.0. The van der Waals surface area contributed by atoms with E-state index in [0.29, 0.717) is 12.1 Å². The molecule has 1 aromatic carbocycles. The first kappa shape index (κ1) is 22.5. The zero-order valence-electron chi connectivity index (χ0n) is 19.2. The second kappa shape index (κ2) is 10.2. The molecule has 2 aromatic heterocycles. The topological polar surface area (TPSA) is 64.7 Å². The quantitative estimate of drug-likeness (QED) is 0.499. The number of hydrogen-bond donors (Lipinski definition) is 1. The first-order valence-electron chi connectivity index (χ1n) is 10.7. The van der Waals surface area contributed by atoms with E-state index < -0.39 is 0 Å². The standard InChI is InChI=1S/C24H33N5O2/c1-6-27(2)22-10-9-13-25-23(22)28(3)14-7-8-15-29(4)24(30)20-17-26-21-12-11-18(31-5)16-19(20)21/h9-13,16-17,26H,6-8,14-15H2,1-5H3. The van der Waals surface area contributed by atoms with Gasteiger partial charge >= 0.3 is 0 Å². The predicted octanol–water partition coefficient (Wildman–Crippen LogP) is 4.02. The summed E-state index contributed by atoms with van der Waals surface area (Å²) in [5, 5.41) is 0.888. The number of H-pyrrole nitrogens is 1. The smallest absolute Gasteiger partial charge is 0.255 e. The second-order valence-electron chi connectivity index (χ2n) is 7.83. The van der Waals surface area contributed by atoms with Gasteiger partial charge in [0.1, 0.15) is 5.75 Å². The van der Waals surface area contributed by atoms with Crippen molar-refractivity contribution in [3.05, 3.63) is 48.3 Å². The number of nitrogens with one attached hydrogen (secondary N) is 1. The van der Waals surface area contributed by atoms with Crippen LogP contribution in [0.2, 0.25) is 0 Å². The molecule has 0 unspecified atom stereocenters. The second-order valence-corrected chi connectivity index (χ2v) is 7.83. The van der Waals surface area contributed by atoms with Gasteiger partial charge in [-0.2, -0.15) is 0 Å². The number of ether oxygens (including phenoxy) is 1. The number of rotatable bonds is 10. The number of aromatic nitrogens is 2. The third kappa shape index (κ3) is 5.10. The van der Waals surface area contributed by atoms with Gasteiger partial charge in [0.05, 0.1) is 18.4 Å². The minimum Gasteiger partial charge on any atom is -0.497 e. The fraction of sp³-hybridized carbons (Fsp3) is 0.417. The van der Waals surface area contributed by atoms with Crippen LogP contribution in [0, 0.1) is 0 Å². The van der Waals surface area contributed by atoms with E-state index in [1.807, 2.05) is 37.5 Å². The Labute approximate surface area is 184 Å². The van der Waals surface area contributed by atoms with E-state index in [9.17, 15) is 4.79 Å². The molecule has 1 amide bonds. The van der Waals surface area contributed by atoms with Gasteiger partial charge in [-0.05, 0) is 50.1 Å². The molecule has 0 fully saturated rings. The first-order valence-corrected chi connectivity index (χ1v) is 10.7. The monoisotopic (exact) mass is 423 g/mol. The highest BCUT2D eigenvalue weighted by Crippen LogP contribution is 2.26. The molecular formula is C24H33N5O2. The Morgan fingerprint density at radius 2 is 1.87 bits per heavy atom. The molecule has 1 N–H and O–H groups in total. The van der Waals surface area contributed by atoms with Gasteiger partial charge in [-0.1, -0.05) is 0 Å². The van der Waals surface area contributed by atoms with E-state index in [1.54, 1.807) is 18.2 Å². The van der Waals surface area contributed by atoms with Gasteiger partial charge in [0.2, 0.25) is 0 Å². The first-order chi connectivity index (χ1) is 15.0. The summed E-state index contributed by atoms with van der Waals surface area (Å²) < 4.78 is 5.30. The van der Waals surface area contributed by atoms with Crippen LogP contribution in [-0.2, 0) is 0 Å². The van der Waals surface area contributed by atoms with Gasteiger partial charge in [-0.25, -0.2) is 4.98 Å². The Morgan fingerprint density at radius 1 is 1.10 bits per heavy atom. The molecule has 7 heteroatoms. The average Bonchev–Trinajstić information content (AvgIpc) is 3.23. The van der Waals surface area contributed by atoms with Gasteiger partial charge in [0.15, 0.2) is 5.82 Å². The van der Waals surface area contributed by atoms with E-state index in [4.69, 9.17) is 4.74 Å². The number of benzene rings is 1. The van der Waals surface area contributed by atoms with Crippen LogP contribution in [0.5, 0.6) is 5.75 Å². The Kier molecular flexibility index (Phi) is 7.39. The van der Waals surface area contributed by atoms with E-state index in [1.165, 1.54) is 0 Å². The van der Waals surface area contributed by atoms with Crippen LogP contribution in [0.4, 0.5) is 11.5 Å². The molecule has 0 spiro atoms. The number of carbonyl (C=O) groups excluding carboxylic acids is 1. The highest BCUT2D eigenvalue weighted by Gasteiger charge is 2.17. The molecular weight excluding hydrogens is 390 g/mol. The third-order valence-electron chi connectivity index (χ3n) is 5.72. The Morgan fingerprint density at radius 3 is 2.61 bits per heavy atom. The van der Waals surface area contributed by atoms with E-state index in [0.717, 1.165) is 54.1 Å². The molecule has 0 saturated heterocycles. The maximum atomic E-state index is 13.0. The lowest BCUT2D eigenvalue weighted by atomic mass is 10.1. The van der Waals surface area contributed by atoms with Gasteiger partial charge in [0.25, 0.3) is 5.91 Å². The van der Waals surface area contributed by atoms with Crippen LogP contribution >= 0.6 is 0 Å². The van der Waals surface area contributed by atoms with Gasteiger partial charge < -0.3 is 24.4 Å². The van der Waals surface area contributed by atoms with Crippen molar-refractivity contribution < 1.29 is 9.53 Å². The van der Waals surface area contributed by atoms with Crippen molar-refractivity contribution in [2.45, 2.75) is 19.8 Å². The van der Waals surface area contributed by atoms with Crippen molar-refractivity contribution in [2.24, 2.45) is 0 Å². The lowest BCUT2D eigenvalue weighted by Gasteiger charge is -2.26. The maximum Gasteiger partial charge on any atom is 0.255 e. The zero-order valence-corrected chi connectivity index (χ0v) is 19.2. The van der Waals surface area contributed by atoms with Crippen LogP contribution in [0.15, 0.2) is 42.7 Å². The van der Waals surface area contributed by atoms with Crippen molar-refractivity contribution >= 4 is 28.3 Å². The van der Waals surface area contributed by atoms with Crippen LogP contribution < -0.4 is 14.5 Å². The number of hydrogen-bond acceptors (Lipinski definition) is 5. The molecule has 0 saturated carbocycles. The summed E-state index contributed by atoms with van der Waals surface area (Å²) in [6, 6.07) is 9.80. The SMILES string of the molecule is CCN(C)c1cccnc1N(C)CCCCN(C)C(=O)c1c[nH]c2ccc(OC)cc12. The third-order valence-corrected chi connectivity index (χ3v) is 5.72. The number of methoxy groups -OCH3 is 1. The van der Waals surface area contributed by atoms with Crippen molar-refractivity contribution in [2.75, 3.05) is 57.7 Å². The summed E-state index contributed by atoms with van der Waals surface area (Å²) in [5.74, 6) is 1.75. The largest absolute Gasteiger partial charge is 0.497 e. The number of anilines is 2. The molecule has 0 atom stereocenters. The fourth-order valence-corrected chi connectivity index (χ4v) is 3.67. The fourth-order valence-electron chi connectivity index (χ4n) is 3.67. The molecule has 166 valence electrons. The minimum atomic E-state index is 0.0180. The van der Waals surface area contributed by atoms with Gasteiger partial charge in [0, 0.05) is 64.1 Å². The summed E-state index contributed by atoms with van der Waals surface area (Å²) in [4.78, 5) is 26.9. The normalized spacial score (nSPS) is 10.9. The number of pyridine rings is 1. The number of amides is 1. The molecule has 0 bridgehead atoms. The van der Waals surface area contributed by atoms with Crippen LogP contribution in [0.3, 0.4) is 0 Å². The van der Waals surface area contributed by atoms with Crippen molar-refractivity contribution in [3.63, 3.8) is 0 Å². The molecule has 7 nitrogen and oxygen atoms in total. The number of carbonyl (C=O) groups is 1. The lowest BCUT2D eigenvalue weighted by molar-refractivity contribution is 0.0795. The van der Waals surface area contributed by atoms with Crippen molar-refractivity contribution in [1.29, 1.82) is 0 Å². The Hall–Kier alpha value is -3.22. The lowest BCUT2D eigenvalue weighted by Crippen LogP contribution is -2.29. The minimum absolute atomic E-state index is 0.0180. The predicted molar refractivity (Wildman–Crippen MR) is 127 cm³/mol. The number of aromatic amines is 1. The Balaban J connectivity index is 1.55. The summed E-state index contributed by atoms with van der Waals surface area (Å²) in [6.45, 7) is 4.65. The molecule has 2 heterocycles. The van der Waals surface area contributed by atoms with Gasteiger partial charge in [-0.15, -0.1) is 0 Å². The molecule has 3 rings (SSSR count). The molecule has 0 radical (unpaired) electrons. The van der Waals surface area contributed by atoms with Crippen molar-refractivity contribution in [3.8, 4) is 5.75 Å². The number of unbranched alkanes of at least 4 members (excludes halogenated alkanes) is 1. The molecule has 31 heavy (non-hydrogen) atoms. The molecule has 0 aliphatic heterocycles. The molecule has 0 aliphatic carbocycles. The number of nitrogens with zero attached hydrogens (tertiary/aromatic N) is 4. The zero-order chi connectivity index (χ0) is 22.4. The highest BCUT2D eigenvalue weighted by molar-refractivity contribution is 6.06. The summed E-state index contributed by atoms with van der Waals surface area (Å²) in [6.07, 6.45) is 5.51. The summed E-state index contributed by atoms with van der Waals surface area (Å²) in [5.41, 5.74) is 2.74. The van der Waals surface area contributed by atoms with Crippen LogP contribution in [0.1, 0.15) is 30.1 Å². The van der Waals surface area contributed by atoms with Crippen LogP contribution in [0.25, 0.3) is 10.9 Å². The van der Waals surface area contributed by atoms with Gasteiger partial charge in [-0.3, -0.25) is 4.79 Å².